The standard InChI is InChI=1S/C21H22FN7/c1-12-9-28(10-13(2)24-12)17-4-5-19-15(6-17)8-23-20(26-19)16-7-18(22)21-25-14(3)27-29(21)11-16/h4-8,11-13,24H,9-10H2,1-3H3/t12-,13-/m1/s1. The highest BCUT2D eigenvalue weighted by Gasteiger charge is 2.21. The van der Waals surface area contributed by atoms with Crippen molar-refractivity contribution in [3.63, 3.8) is 0 Å². The van der Waals surface area contributed by atoms with Gasteiger partial charge >= 0.3 is 0 Å². The van der Waals surface area contributed by atoms with Gasteiger partial charge in [0.15, 0.2) is 17.3 Å². The van der Waals surface area contributed by atoms with Crippen molar-refractivity contribution in [3.8, 4) is 11.4 Å². The number of aromatic nitrogens is 5. The van der Waals surface area contributed by atoms with Gasteiger partial charge in [-0.1, -0.05) is 0 Å². The fourth-order valence-electron chi connectivity index (χ4n) is 4.07. The Bertz CT molecular complexity index is 1210. The van der Waals surface area contributed by atoms with E-state index in [9.17, 15) is 4.39 Å². The molecule has 1 aromatic carbocycles. The largest absolute Gasteiger partial charge is 0.368 e. The number of nitrogens with one attached hydrogen (secondary N) is 1. The molecule has 148 valence electrons. The smallest absolute Gasteiger partial charge is 0.191 e. The summed E-state index contributed by atoms with van der Waals surface area (Å²) in [4.78, 5) is 15.6. The molecule has 1 fully saturated rings. The Morgan fingerprint density at radius 2 is 1.90 bits per heavy atom. The Labute approximate surface area is 167 Å². The first-order valence-electron chi connectivity index (χ1n) is 9.77. The lowest BCUT2D eigenvalue weighted by Crippen LogP contribution is -2.54. The van der Waals surface area contributed by atoms with Gasteiger partial charge in [-0.3, -0.25) is 0 Å². The van der Waals surface area contributed by atoms with E-state index in [-0.39, 0.29) is 5.65 Å². The summed E-state index contributed by atoms with van der Waals surface area (Å²) in [6.07, 6.45) is 3.50. The number of benzene rings is 1. The maximum Gasteiger partial charge on any atom is 0.191 e. The first-order chi connectivity index (χ1) is 14.0. The Balaban J connectivity index is 1.51. The number of hydrogen-bond acceptors (Lipinski definition) is 6. The minimum atomic E-state index is -0.441. The van der Waals surface area contributed by atoms with Gasteiger partial charge in [-0.15, -0.1) is 0 Å². The van der Waals surface area contributed by atoms with Crippen LogP contribution in [-0.2, 0) is 0 Å². The Hall–Kier alpha value is -3.13. The highest BCUT2D eigenvalue weighted by molar-refractivity contribution is 5.83. The number of halogens is 1. The van der Waals surface area contributed by atoms with Crippen LogP contribution in [0, 0.1) is 12.7 Å². The fourth-order valence-corrected chi connectivity index (χ4v) is 4.07. The highest BCUT2D eigenvalue weighted by atomic mass is 19.1. The molecule has 4 heterocycles. The number of fused-ring (bicyclic) bond motifs is 2. The van der Waals surface area contributed by atoms with Gasteiger partial charge in [-0.25, -0.2) is 23.9 Å². The van der Waals surface area contributed by atoms with Crippen LogP contribution < -0.4 is 10.2 Å². The summed E-state index contributed by atoms with van der Waals surface area (Å²) >= 11 is 0. The zero-order valence-electron chi connectivity index (χ0n) is 16.6. The van der Waals surface area contributed by atoms with Crippen LogP contribution >= 0.6 is 0 Å². The van der Waals surface area contributed by atoms with E-state index >= 15 is 0 Å². The van der Waals surface area contributed by atoms with Crippen LogP contribution in [0.3, 0.4) is 0 Å². The minimum absolute atomic E-state index is 0.205. The van der Waals surface area contributed by atoms with Crippen molar-refractivity contribution in [3.05, 3.63) is 48.3 Å². The minimum Gasteiger partial charge on any atom is -0.368 e. The molecule has 29 heavy (non-hydrogen) atoms. The van der Waals surface area contributed by atoms with Gasteiger partial charge in [0, 0.05) is 54.2 Å². The van der Waals surface area contributed by atoms with Gasteiger partial charge in [0.1, 0.15) is 5.82 Å². The highest BCUT2D eigenvalue weighted by Crippen LogP contribution is 2.25. The molecule has 2 atom stereocenters. The summed E-state index contributed by atoms with van der Waals surface area (Å²) in [5, 5.41) is 8.71. The zero-order valence-corrected chi connectivity index (χ0v) is 16.6. The van der Waals surface area contributed by atoms with E-state index < -0.39 is 5.82 Å². The molecule has 5 rings (SSSR count). The van der Waals surface area contributed by atoms with Crippen molar-refractivity contribution >= 4 is 22.2 Å². The molecule has 3 aromatic heterocycles. The first-order valence-corrected chi connectivity index (χ1v) is 9.77. The Morgan fingerprint density at radius 3 is 2.69 bits per heavy atom. The van der Waals surface area contributed by atoms with Crippen molar-refractivity contribution < 1.29 is 4.39 Å². The summed E-state index contributed by atoms with van der Waals surface area (Å²) < 4.78 is 15.8. The third-order valence-corrected chi connectivity index (χ3v) is 5.24. The normalized spacial score (nSPS) is 19.9. The average Bonchev–Trinajstić information content (AvgIpc) is 3.07. The first kappa shape index (κ1) is 17.9. The van der Waals surface area contributed by atoms with Crippen molar-refractivity contribution in [1.82, 2.24) is 29.9 Å². The molecule has 7 nitrogen and oxygen atoms in total. The molecule has 1 N–H and O–H groups in total. The topological polar surface area (TPSA) is 71.2 Å². The summed E-state index contributed by atoms with van der Waals surface area (Å²) in [6.45, 7) is 8.06. The van der Waals surface area contributed by atoms with Gasteiger partial charge in [-0.2, -0.15) is 5.10 Å². The molecule has 0 amide bonds. The third kappa shape index (κ3) is 3.29. The second-order valence-corrected chi connectivity index (χ2v) is 7.81. The maximum absolute atomic E-state index is 14.4. The van der Waals surface area contributed by atoms with Crippen LogP contribution in [0.4, 0.5) is 10.1 Å². The molecule has 0 saturated carbocycles. The van der Waals surface area contributed by atoms with Crippen LogP contribution in [0.15, 0.2) is 36.7 Å². The predicted molar refractivity (Wildman–Crippen MR) is 110 cm³/mol. The molecule has 8 heteroatoms. The van der Waals surface area contributed by atoms with E-state index in [0.717, 1.165) is 24.0 Å². The van der Waals surface area contributed by atoms with Gasteiger partial charge in [0.05, 0.1) is 5.52 Å². The molecular weight excluding hydrogens is 369 g/mol. The summed E-state index contributed by atoms with van der Waals surface area (Å²) in [5.41, 5.74) is 2.76. The number of hydrogen-bond donors (Lipinski definition) is 1. The van der Waals surface area contributed by atoms with Crippen LogP contribution in [0.1, 0.15) is 19.7 Å². The predicted octanol–water partition coefficient (Wildman–Crippen LogP) is 2.97. The third-order valence-electron chi connectivity index (χ3n) is 5.24. The van der Waals surface area contributed by atoms with Gasteiger partial charge in [-0.05, 0) is 45.0 Å². The van der Waals surface area contributed by atoms with Crippen molar-refractivity contribution in [2.24, 2.45) is 0 Å². The van der Waals surface area contributed by atoms with Crippen molar-refractivity contribution in [2.75, 3.05) is 18.0 Å². The van der Waals surface area contributed by atoms with E-state index in [0.29, 0.717) is 29.3 Å². The quantitative estimate of drug-likeness (QED) is 0.567. The molecule has 0 unspecified atom stereocenters. The lowest BCUT2D eigenvalue weighted by Gasteiger charge is -2.37. The molecule has 4 aromatic rings. The van der Waals surface area contributed by atoms with Gasteiger partial charge in [0.25, 0.3) is 0 Å². The zero-order chi connectivity index (χ0) is 20.1. The Kier molecular flexibility index (Phi) is 4.16. The monoisotopic (exact) mass is 391 g/mol. The van der Waals surface area contributed by atoms with E-state index in [1.54, 1.807) is 19.3 Å². The average molecular weight is 391 g/mol. The van der Waals surface area contributed by atoms with Crippen LogP contribution in [-0.4, -0.2) is 49.7 Å². The summed E-state index contributed by atoms with van der Waals surface area (Å²) in [6, 6.07) is 8.50. The molecule has 0 spiro atoms. The number of rotatable bonds is 2. The molecule has 1 aliphatic rings. The van der Waals surface area contributed by atoms with E-state index in [1.165, 1.54) is 16.3 Å². The number of piperazine rings is 1. The maximum atomic E-state index is 14.4. The molecule has 1 saturated heterocycles. The van der Waals surface area contributed by atoms with Crippen LogP contribution in [0.2, 0.25) is 0 Å². The number of nitrogens with zero attached hydrogens (tertiary/aromatic N) is 6. The molecule has 0 bridgehead atoms. The van der Waals surface area contributed by atoms with Gasteiger partial charge in [0.2, 0.25) is 0 Å². The summed E-state index contributed by atoms with van der Waals surface area (Å²) in [5.74, 6) is 0.539. The van der Waals surface area contributed by atoms with E-state index in [2.05, 4.69) is 56.2 Å². The fraction of sp³-hybridized carbons (Fsp3) is 0.333. The van der Waals surface area contributed by atoms with Crippen LogP contribution in [0.5, 0.6) is 0 Å². The van der Waals surface area contributed by atoms with Crippen LogP contribution in [0.25, 0.3) is 27.9 Å². The molecule has 0 radical (unpaired) electrons. The van der Waals surface area contributed by atoms with Crippen molar-refractivity contribution in [2.45, 2.75) is 32.9 Å². The van der Waals surface area contributed by atoms with E-state index in [1.807, 2.05) is 6.07 Å². The second kappa shape index (κ2) is 6.73. The number of aryl methyl sites for hydroxylation is 1. The number of anilines is 1. The van der Waals surface area contributed by atoms with Crippen molar-refractivity contribution in [1.29, 1.82) is 0 Å². The molecule has 1 aliphatic heterocycles. The molecular formula is C21H22FN7. The Morgan fingerprint density at radius 1 is 1.10 bits per heavy atom. The lowest BCUT2D eigenvalue weighted by molar-refractivity contribution is 0.407. The number of pyridine rings is 1. The lowest BCUT2D eigenvalue weighted by atomic mass is 10.1. The van der Waals surface area contributed by atoms with E-state index in [4.69, 9.17) is 0 Å². The SMILES string of the molecule is Cc1nc2c(F)cc(-c3ncc4cc(N5C[C@@H](C)N[C@H](C)C5)ccc4n3)cn2n1. The molecule has 0 aliphatic carbocycles. The van der Waals surface area contributed by atoms with Gasteiger partial charge < -0.3 is 10.2 Å². The summed E-state index contributed by atoms with van der Waals surface area (Å²) in [7, 11) is 0. The second-order valence-electron chi connectivity index (χ2n) is 7.81.